The third kappa shape index (κ3) is 4.73. The van der Waals surface area contributed by atoms with Crippen LogP contribution in [0.5, 0.6) is 5.75 Å². The number of fused-ring (bicyclic) bond motifs is 1. The molecule has 1 aliphatic carbocycles. The summed E-state index contributed by atoms with van der Waals surface area (Å²) in [5.41, 5.74) is 4.03. The van der Waals surface area contributed by atoms with Crippen LogP contribution in [0.1, 0.15) is 61.1 Å². The molecule has 9 heteroatoms. The monoisotopic (exact) mass is 519 g/mol. The summed E-state index contributed by atoms with van der Waals surface area (Å²) in [7, 11) is 1.66. The van der Waals surface area contributed by atoms with Gasteiger partial charge in [0.25, 0.3) is 0 Å². The first-order valence-electron chi connectivity index (χ1n) is 14.0. The van der Waals surface area contributed by atoms with Gasteiger partial charge in [0.05, 0.1) is 49.4 Å². The van der Waals surface area contributed by atoms with Crippen LogP contribution in [-0.4, -0.2) is 84.8 Å². The number of methoxy groups -OCH3 is 1. The molecule has 3 aliphatic rings. The highest BCUT2D eigenvalue weighted by molar-refractivity contribution is 5.99. The molecule has 3 fully saturated rings. The van der Waals surface area contributed by atoms with E-state index >= 15 is 0 Å². The summed E-state index contributed by atoms with van der Waals surface area (Å²) in [6.07, 6.45) is 5.64. The molecule has 2 saturated heterocycles. The van der Waals surface area contributed by atoms with E-state index in [0.717, 1.165) is 93.3 Å². The number of ether oxygens (including phenoxy) is 3. The number of aromatic nitrogens is 3. The summed E-state index contributed by atoms with van der Waals surface area (Å²) in [6.45, 7) is 7.65. The van der Waals surface area contributed by atoms with Gasteiger partial charge in [-0.1, -0.05) is 12.5 Å². The zero-order valence-corrected chi connectivity index (χ0v) is 22.4. The Labute approximate surface area is 223 Å². The van der Waals surface area contributed by atoms with E-state index in [1.165, 1.54) is 6.42 Å². The van der Waals surface area contributed by atoms with Gasteiger partial charge in [-0.05, 0) is 50.8 Å². The van der Waals surface area contributed by atoms with Gasteiger partial charge in [-0.15, -0.1) is 0 Å². The van der Waals surface area contributed by atoms with E-state index in [0.29, 0.717) is 29.9 Å². The number of carbonyl (C=O) groups excluding carboxylic acids is 1. The lowest BCUT2D eigenvalue weighted by atomic mass is 9.82. The van der Waals surface area contributed by atoms with Crippen molar-refractivity contribution < 1.29 is 19.0 Å². The zero-order chi connectivity index (χ0) is 26.1. The van der Waals surface area contributed by atoms with Crippen LogP contribution in [0.15, 0.2) is 30.3 Å². The lowest BCUT2D eigenvalue weighted by Gasteiger charge is -2.41. The van der Waals surface area contributed by atoms with Gasteiger partial charge in [0.1, 0.15) is 5.75 Å². The Hall–Kier alpha value is -3.17. The number of pyridine rings is 1. The molecule has 2 aliphatic heterocycles. The summed E-state index contributed by atoms with van der Waals surface area (Å²) in [5, 5.41) is 6.21. The number of esters is 1. The first-order valence-corrected chi connectivity index (χ1v) is 14.0. The van der Waals surface area contributed by atoms with Crippen LogP contribution in [-0.2, 0) is 9.47 Å². The predicted molar refractivity (Wildman–Crippen MR) is 146 cm³/mol. The lowest BCUT2D eigenvalue weighted by molar-refractivity contribution is 0.0115. The Morgan fingerprint density at radius 2 is 1.87 bits per heavy atom. The predicted octanol–water partition coefficient (Wildman–Crippen LogP) is 4.17. The molecule has 38 heavy (non-hydrogen) atoms. The Bertz CT molecular complexity index is 1290. The van der Waals surface area contributed by atoms with E-state index < -0.39 is 5.97 Å². The van der Waals surface area contributed by atoms with Crippen molar-refractivity contribution in [2.45, 2.75) is 51.0 Å². The number of piperidine rings is 1. The van der Waals surface area contributed by atoms with Crippen molar-refractivity contribution in [3.63, 3.8) is 0 Å². The van der Waals surface area contributed by atoms with E-state index in [4.69, 9.17) is 24.3 Å². The molecule has 1 saturated carbocycles. The molecule has 0 radical (unpaired) electrons. The second kappa shape index (κ2) is 10.9. The zero-order valence-electron chi connectivity index (χ0n) is 22.4. The molecular weight excluding hydrogens is 482 g/mol. The SMILES string of the molecule is CCOC(=O)c1cc(N2CCC(N3CCOCC3)CC2)c2c(C3CCC3)nn(-c3cccc(OC)c3)c2n1. The average Bonchev–Trinajstić information content (AvgIpc) is 3.31. The normalized spacial score (nSPS) is 19.5. The molecule has 2 aromatic heterocycles. The summed E-state index contributed by atoms with van der Waals surface area (Å²) >= 11 is 0. The highest BCUT2D eigenvalue weighted by atomic mass is 16.5. The minimum Gasteiger partial charge on any atom is -0.497 e. The fraction of sp³-hybridized carbons (Fsp3) is 0.552. The number of hydrogen-bond donors (Lipinski definition) is 0. The topological polar surface area (TPSA) is 82.0 Å². The minimum atomic E-state index is -0.401. The van der Waals surface area contributed by atoms with Crippen molar-refractivity contribution >= 4 is 22.7 Å². The molecule has 0 bridgehead atoms. The number of hydrogen-bond acceptors (Lipinski definition) is 8. The summed E-state index contributed by atoms with van der Waals surface area (Å²) in [4.78, 5) is 22.8. The Morgan fingerprint density at radius 1 is 1.08 bits per heavy atom. The van der Waals surface area contributed by atoms with Gasteiger partial charge in [-0.25, -0.2) is 14.5 Å². The van der Waals surface area contributed by atoms with Crippen LogP contribution in [0.3, 0.4) is 0 Å². The quantitative estimate of drug-likeness (QED) is 0.430. The fourth-order valence-corrected chi connectivity index (χ4v) is 5.99. The Morgan fingerprint density at radius 3 is 2.55 bits per heavy atom. The maximum Gasteiger partial charge on any atom is 0.357 e. The molecule has 6 rings (SSSR count). The standard InChI is InChI=1S/C29H37N5O4/c1-3-38-29(35)24-19-25(33-12-10-21(11-13-33)32-14-16-37-17-15-32)26-27(20-6-4-7-20)31-34(28(26)30-24)22-8-5-9-23(18-22)36-2/h5,8-9,18-21H,3-4,6-7,10-17H2,1-2H3. The minimum absolute atomic E-state index is 0.307. The van der Waals surface area contributed by atoms with Crippen LogP contribution in [0.4, 0.5) is 5.69 Å². The summed E-state index contributed by atoms with van der Waals surface area (Å²) in [6, 6.07) is 10.4. The molecule has 4 heterocycles. The van der Waals surface area contributed by atoms with Gasteiger partial charge < -0.3 is 19.1 Å². The van der Waals surface area contributed by atoms with Crippen molar-refractivity contribution in [2.75, 3.05) is 58.0 Å². The van der Waals surface area contributed by atoms with Crippen molar-refractivity contribution in [3.05, 3.63) is 41.7 Å². The molecule has 202 valence electrons. The number of rotatable bonds is 7. The maximum atomic E-state index is 13.0. The van der Waals surface area contributed by atoms with Gasteiger partial charge in [-0.2, -0.15) is 5.10 Å². The highest BCUT2D eigenvalue weighted by Crippen LogP contribution is 2.43. The van der Waals surface area contributed by atoms with Gasteiger partial charge >= 0.3 is 5.97 Å². The van der Waals surface area contributed by atoms with Crippen LogP contribution in [0, 0.1) is 0 Å². The van der Waals surface area contributed by atoms with Crippen molar-refractivity contribution in [2.24, 2.45) is 0 Å². The van der Waals surface area contributed by atoms with E-state index in [9.17, 15) is 4.79 Å². The number of benzene rings is 1. The Kier molecular flexibility index (Phi) is 7.21. The lowest BCUT2D eigenvalue weighted by Crippen LogP contribution is -2.49. The van der Waals surface area contributed by atoms with E-state index in [1.807, 2.05) is 41.9 Å². The second-order valence-electron chi connectivity index (χ2n) is 10.4. The van der Waals surface area contributed by atoms with E-state index in [-0.39, 0.29) is 0 Å². The summed E-state index contributed by atoms with van der Waals surface area (Å²) in [5.74, 6) is 0.759. The first kappa shape index (κ1) is 25.1. The molecule has 0 N–H and O–H groups in total. The van der Waals surface area contributed by atoms with Crippen molar-refractivity contribution in [3.8, 4) is 11.4 Å². The third-order valence-electron chi connectivity index (χ3n) is 8.29. The molecule has 0 atom stereocenters. The molecule has 3 aromatic rings. The summed E-state index contributed by atoms with van der Waals surface area (Å²) < 4.78 is 18.3. The smallest absolute Gasteiger partial charge is 0.357 e. The molecule has 0 spiro atoms. The van der Waals surface area contributed by atoms with Gasteiger partial charge in [0, 0.05) is 44.2 Å². The van der Waals surface area contributed by atoms with Crippen LogP contribution >= 0.6 is 0 Å². The second-order valence-corrected chi connectivity index (χ2v) is 10.4. The van der Waals surface area contributed by atoms with Gasteiger partial charge in [-0.3, -0.25) is 4.90 Å². The Balaban J connectivity index is 1.44. The van der Waals surface area contributed by atoms with Crippen LogP contribution < -0.4 is 9.64 Å². The highest BCUT2D eigenvalue weighted by Gasteiger charge is 2.32. The maximum absolute atomic E-state index is 13.0. The first-order chi connectivity index (χ1) is 18.7. The van der Waals surface area contributed by atoms with E-state index in [1.54, 1.807) is 7.11 Å². The molecule has 1 aromatic carbocycles. The molecular formula is C29H37N5O4. The number of nitrogens with zero attached hydrogens (tertiary/aromatic N) is 5. The van der Waals surface area contributed by atoms with Crippen molar-refractivity contribution in [1.82, 2.24) is 19.7 Å². The number of anilines is 1. The average molecular weight is 520 g/mol. The van der Waals surface area contributed by atoms with Crippen molar-refractivity contribution in [1.29, 1.82) is 0 Å². The van der Waals surface area contributed by atoms with Crippen LogP contribution in [0.25, 0.3) is 16.7 Å². The van der Waals surface area contributed by atoms with Gasteiger partial charge in [0.2, 0.25) is 0 Å². The van der Waals surface area contributed by atoms with E-state index in [2.05, 4.69) is 9.80 Å². The number of morpholine rings is 1. The fourth-order valence-electron chi connectivity index (χ4n) is 5.99. The van der Waals surface area contributed by atoms with Crippen LogP contribution in [0.2, 0.25) is 0 Å². The molecule has 9 nitrogen and oxygen atoms in total. The molecule has 0 unspecified atom stereocenters. The van der Waals surface area contributed by atoms with Gasteiger partial charge in [0.15, 0.2) is 11.3 Å². The largest absolute Gasteiger partial charge is 0.497 e. The number of carbonyl (C=O) groups is 1. The molecule has 0 amide bonds. The third-order valence-corrected chi connectivity index (χ3v) is 8.29.